The second kappa shape index (κ2) is 6.00. The molecule has 0 saturated carbocycles. The van der Waals surface area contributed by atoms with Crippen molar-refractivity contribution in [2.45, 2.75) is 26.9 Å². The Balaban J connectivity index is 2.28. The van der Waals surface area contributed by atoms with E-state index in [1.54, 1.807) is 14.0 Å². The summed E-state index contributed by atoms with van der Waals surface area (Å²) in [6.45, 7) is 5.41. The number of nitro groups is 1. The molecule has 3 aromatic rings. The summed E-state index contributed by atoms with van der Waals surface area (Å²) in [5.41, 5.74) is 0.845. The maximum absolute atomic E-state index is 12.4. The maximum Gasteiger partial charge on any atom is 0.270 e. The molecule has 2 aromatic heterocycles. The predicted molar refractivity (Wildman–Crippen MR) is 91.7 cm³/mol. The summed E-state index contributed by atoms with van der Waals surface area (Å²) < 4.78 is 7.22. The highest BCUT2D eigenvalue weighted by molar-refractivity contribution is 5.80. The first-order valence-corrected chi connectivity index (χ1v) is 7.67. The van der Waals surface area contributed by atoms with Gasteiger partial charge in [-0.1, -0.05) is 0 Å². The quantitative estimate of drug-likeness (QED) is 0.574. The molecule has 0 aliphatic heterocycles. The van der Waals surface area contributed by atoms with E-state index in [-0.39, 0.29) is 23.2 Å². The van der Waals surface area contributed by atoms with E-state index in [0.29, 0.717) is 28.0 Å². The van der Waals surface area contributed by atoms with Crippen LogP contribution in [0.1, 0.15) is 19.5 Å². The number of hydrogen-bond donors (Lipinski definition) is 1. The molecule has 0 aliphatic rings. The van der Waals surface area contributed by atoms with Gasteiger partial charge in [0.2, 0.25) is 0 Å². The van der Waals surface area contributed by atoms with E-state index in [1.807, 2.05) is 13.8 Å². The van der Waals surface area contributed by atoms with E-state index in [0.717, 1.165) is 0 Å². The zero-order valence-electron chi connectivity index (χ0n) is 14.2. The average molecular weight is 343 g/mol. The number of non-ortho nitro benzene ring substituents is 1. The molecule has 9 heteroatoms. The van der Waals surface area contributed by atoms with Crippen LogP contribution in [0.4, 0.5) is 5.69 Å². The molecule has 0 amide bonds. The van der Waals surface area contributed by atoms with Gasteiger partial charge in [-0.25, -0.2) is 9.67 Å². The Morgan fingerprint density at radius 3 is 2.72 bits per heavy atom. The van der Waals surface area contributed by atoms with Crippen molar-refractivity contribution in [1.29, 1.82) is 0 Å². The molecule has 9 nitrogen and oxygen atoms in total. The summed E-state index contributed by atoms with van der Waals surface area (Å²) >= 11 is 0. The number of benzene rings is 1. The fourth-order valence-corrected chi connectivity index (χ4v) is 2.64. The van der Waals surface area contributed by atoms with E-state index in [2.05, 4.69) is 15.1 Å². The van der Waals surface area contributed by atoms with Gasteiger partial charge in [0, 0.05) is 19.2 Å². The van der Waals surface area contributed by atoms with Gasteiger partial charge in [0.25, 0.3) is 11.2 Å². The van der Waals surface area contributed by atoms with Gasteiger partial charge in [0.15, 0.2) is 5.65 Å². The van der Waals surface area contributed by atoms with Gasteiger partial charge in [0.1, 0.15) is 17.0 Å². The molecule has 0 spiro atoms. The lowest BCUT2D eigenvalue weighted by molar-refractivity contribution is -0.384. The molecule has 1 aromatic carbocycles. The molecule has 130 valence electrons. The Morgan fingerprint density at radius 1 is 1.36 bits per heavy atom. The first-order chi connectivity index (χ1) is 11.8. The Bertz CT molecular complexity index is 1030. The molecular formula is C16H17N5O4. The zero-order chi connectivity index (χ0) is 18.3. The van der Waals surface area contributed by atoms with Crippen molar-refractivity contribution in [2.75, 3.05) is 0 Å². The predicted octanol–water partition coefficient (Wildman–Crippen LogP) is 2.33. The second-order valence-corrected chi connectivity index (χ2v) is 5.93. The standard InChI is InChI=1S/C16H17N5O4/c1-8(2)25-12-6-5-10(21(23)24)7-11(12)14-17-15-13(16(22)18-14)9(3)19-20(15)4/h5-8H,1-4H3,(H,17,18,22). The van der Waals surface area contributed by atoms with Crippen LogP contribution in [0.3, 0.4) is 0 Å². The summed E-state index contributed by atoms with van der Waals surface area (Å²) in [4.78, 5) is 30.2. The third-order valence-electron chi connectivity index (χ3n) is 3.66. The van der Waals surface area contributed by atoms with Crippen LogP contribution in [-0.4, -0.2) is 30.8 Å². The number of hydrogen-bond acceptors (Lipinski definition) is 6. The minimum atomic E-state index is -0.506. The number of nitrogens with one attached hydrogen (secondary N) is 1. The van der Waals surface area contributed by atoms with Crippen LogP contribution >= 0.6 is 0 Å². The molecule has 1 N–H and O–H groups in total. The van der Waals surface area contributed by atoms with Gasteiger partial charge in [-0.05, 0) is 26.8 Å². The maximum atomic E-state index is 12.4. The number of aromatic nitrogens is 4. The molecule has 0 saturated heterocycles. The van der Waals surface area contributed by atoms with E-state index < -0.39 is 4.92 Å². The first kappa shape index (κ1) is 16.6. The summed E-state index contributed by atoms with van der Waals surface area (Å²) in [5, 5.41) is 15.7. The molecule has 3 rings (SSSR count). The Morgan fingerprint density at radius 2 is 2.08 bits per heavy atom. The normalized spacial score (nSPS) is 11.2. The third kappa shape index (κ3) is 2.95. The van der Waals surface area contributed by atoms with Gasteiger partial charge in [0.05, 0.1) is 22.3 Å². The highest BCUT2D eigenvalue weighted by Gasteiger charge is 2.19. The van der Waals surface area contributed by atoms with Gasteiger partial charge < -0.3 is 9.72 Å². The summed E-state index contributed by atoms with van der Waals surface area (Å²) in [6.07, 6.45) is -0.144. The third-order valence-corrected chi connectivity index (χ3v) is 3.66. The number of ether oxygens (including phenoxy) is 1. The SMILES string of the molecule is Cc1nn(C)c2nc(-c3cc([N+](=O)[O-])ccc3OC(C)C)[nH]c(=O)c12. The number of aromatic amines is 1. The van der Waals surface area contributed by atoms with Crippen LogP contribution in [0.5, 0.6) is 5.75 Å². The Hall–Kier alpha value is -3.23. The van der Waals surface area contributed by atoms with Crippen LogP contribution in [0, 0.1) is 17.0 Å². The minimum Gasteiger partial charge on any atom is -0.490 e. The molecule has 0 radical (unpaired) electrons. The molecule has 0 bridgehead atoms. The van der Waals surface area contributed by atoms with Gasteiger partial charge in [-0.2, -0.15) is 5.10 Å². The highest BCUT2D eigenvalue weighted by Crippen LogP contribution is 2.32. The number of nitro benzene ring substituents is 1. The van der Waals surface area contributed by atoms with Crippen LogP contribution < -0.4 is 10.3 Å². The minimum absolute atomic E-state index is 0.116. The topological polar surface area (TPSA) is 116 Å². The summed E-state index contributed by atoms with van der Waals surface area (Å²) in [6, 6.07) is 4.20. The zero-order valence-corrected chi connectivity index (χ0v) is 14.2. The lowest BCUT2D eigenvalue weighted by atomic mass is 10.1. The van der Waals surface area contributed by atoms with E-state index >= 15 is 0 Å². The van der Waals surface area contributed by atoms with Crippen molar-refractivity contribution < 1.29 is 9.66 Å². The second-order valence-electron chi connectivity index (χ2n) is 5.93. The smallest absolute Gasteiger partial charge is 0.270 e. The fraction of sp³-hybridized carbons (Fsp3) is 0.312. The van der Waals surface area contributed by atoms with Crippen LogP contribution in [0.25, 0.3) is 22.4 Å². The lowest BCUT2D eigenvalue weighted by Crippen LogP contribution is -2.12. The van der Waals surface area contributed by atoms with E-state index in [4.69, 9.17) is 4.74 Å². The van der Waals surface area contributed by atoms with Gasteiger partial charge in [-0.3, -0.25) is 14.9 Å². The largest absolute Gasteiger partial charge is 0.490 e. The highest BCUT2D eigenvalue weighted by atomic mass is 16.6. The van der Waals surface area contributed by atoms with Crippen molar-refractivity contribution in [1.82, 2.24) is 19.7 Å². The van der Waals surface area contributed by atoms with Crippen LogP contribution in [0.2, 0.25) is 0 Å². The van der Waals surface area contributed by atoms with Crippen molar-refractivity contribution in [2.24, 2.45) is 7.05 Å². The van der Waals surface area contributed by atoms with Crippen LogP contribution in [-0.2, 0) is 7.05 Å². The van der Waals surface area contributed by atoms with Crippen molar-refractivity contribution in [3.8, 4) is 17.1 Å². The fourth-order valence-electron chi connectivity index (χ4n) is 2.64. The molecule has 25 heavy (non-hydrogen) atoms. The number of aryl methyl sites for hydroxylation is 2. The number of H-pyrrole nitrogens is 1. The number of rotatable bonds is 4. The summed E-state index contributed by atoms with van der Waals surface area (Å²) in [7, 11) is 1.69. The van der Waals surface area contributed by atoms with Gasteiger partial charge >= 0.3 is 0 Å². The van der Waals surface area contributed by atoms with E-state index in [1.165, 1.54) is 22.9 Å². The molecule has 0 atom stereocenters. The number of fused-ring (bicyclic) bond motifs is 1. The summed E-state index contributed by atoms with van der Waals surface area (Å²) in [5.74, 6) is 0.599. The monoisotopic (exact) mass is 343 g/mol. The Kier molecular flexibility index (Phi) is 3.99. The molecule has 0 fully saturated rings. The molecule has 0 unspecified atom stereocenters. The average Bonchev–Trinajstić information content (AvgIpc) is 2.81. The van der Waals surface area contributed by atoms with Crippen LogP contribution in [0.15, 0.2) is 23.0 Å². The van der Waals surface area contributed by atoms with E-state index in [9.17, 15) is 14.9 Å². The van der Waals surface area contributed by atoms with Crippen molar-refractivity contribution in [3.05, 3.63) is 44.4 Å². The van der Waals surface area contributed by atoms with Crippen molar-refractivity contribution in [3.63, 3.8) is 0 Å². The lowest BCUT2D eigenvalue weighted by Gasteiger charge is -2.13. The molecule has 2 heterocycles. The first-order valence-electron chi connectivity index (χ1n) is 7.67. The Labute approximate surface area is 142 Å². The number of nitrogens with zero attached hydrogens (tertiary/aromatic N) is 4. The molecule has 0 aliphatic carbocycles. The van der Waals surface area contributed by atoms with Crippen molar-refractivity contribution >= 4 is 16.7 Å². The molecular weight excluding hydrogens is 326 g/mol. The van der Waals surface area contributed by atoms with Gasteiger partial charge in [-0.15, -0.1) is 0 Å².